The van der Waals surface area contributed by atoms with Crippen LogP contribution in [0.2, 0.25) is 0 Å². The van der Waals surface area contributed by atoms with E-state index in [0.717, 1.165) is 17.3 Å². The third-order valence-electron chi connectivity index (χ3n) is 3.22. The zero-order valence-corrected chi connectivity index (χ0v) is 13.6. The number of hydrogen-bond acceptors (Lipinski definition) is 5. The van der Waals surface area contributed by atoms with E-state index in [0.29, 0.717) is 16.4 Å². The molecule has 0 aliphatic carbocycles. The molecular weight excluding hydrogens is 329 g/mol. The lowest BCUT2D eigenvalue weighted by Crippen LogP contribution is -2.14. The van der Waals surface area contributed by atoms with E-state index in [1.165, 1.54) is 6.07 Å². The molecule has 0 spiro atoms. The number of thioether (sulfide) groups is 1. The SMILES string of the molecule is Cn1nnnc1-c1cccc(NC(=O)CSc2ccccc2F)c1. The lowest BCUT2D eigenvalue weighted by atomic mass is 10.2. The van der Waals surface area contributed by atoms with Crippen LogP contribution in [0.15, 0.2) is 53.4 Å². The van der Waals surface area contributed by atoms with Crippen molar-refractivity contribution in [1.29, 1.82) is 0 Å². The molecule has 122 valence electrons. The number of hydrogen-bond donors (Lipinski definition) is 1. The van der Waals surface area contributed by atoms with E-state index in [1.807, 2.05) is 12.1 Å². The number of benzene rings is 2. The molecule has 0 bridgehead atoms. The summed E-state index contributed by atoms with van der Waals surface area (Å²) in [6.07, 6.45) is 0. The van der Waals surface area contributed by atoms with Crippen molar-refractivity contribution in [3.63, 3.8) is 0 Å². The van der Waals surface area contributed by atoms with E-state index in [2.05, 4.69) is 20.8 Å². The van der Waals surface area contributed by atoms with Gasteiger partial charge in [-0.25, -0.2) is 9.07 Å². The number of tetrazole rings is 1. The lowest BCUT2D eigenvalue weighted by Gasteiger charge is -2.07. The van der Waals surface area contributed by atoms with Crippen molar-refractivity contribution in [2.45, 2.75) is 4.90 Å². The quantitative estimate of drug-likeness (QED) is 0.721. The Morgan fingerprint density at radius 2 is 2.08 bits per heavy atom. The summed E-state index contributed by atoms with van der Waals surface area (Å²) < 4.78 is 15.1. The molecule has 2 aromatic carbocycles. The summed E-state index contributed by atoms with van der Waals surface area (Å²) in [4.78, 5) is 12.5. The molecule has 6 nitrogen and oxygen atoms in total. The largest absolute Gasteiger partial charge is 0.325 e. The van der Waals surface area contributed by atoms with Crippen LogP contribution in [0.5, 0.6) is 0 Å². The van der Waals surface area contributed by atoms with Crippen molar-refractivity contribution in [3.05, 3.63) is 54.3 Å². The van der Waals surface area contributed by atoms with E-state index in [1.54, 1.807) is 42.1 Å². The van der Waals surface area contributed by atoms with E-state index in [4.69, 9.17) is 0 Å². The molecule has 3 aromatic rings. The number of nitrogens with one attached hydrogen (secondary N) is 1. The lowest BCUT2D eigenvalue weighted by molar-refractivity contribution is -0.113. The molecule has 24 heavy (non-hydrogen) atoms. The van der Waals surface area contributed by atoms with Gasteiger partial charge in [-0.15, -0.1) is 16.9 Å². The first kappa shape index (κ1) is 16.1. The predicted octanol–water partition coefficient (Wildman–Crippen LogP) is 2.75. The molecule has 0 atom stereocenters. The van der Waals surface area contributed by atoms with Crippen molar-refractivity contribution >= 4 is 23.4 Å². The zero-order valence-electron chi connectivity index (χ0n) is 12.8. The first-order chi connectivity index (χ1) is 11.6. The normalized spacial score (nSPS) is 10.6. The van der Waals surface area contributed by atoms with Gasteiger partial charge in [0.1, 0.15) is 5.82 Å². The highest BCUT2D eigenvalue weighted by molar-refractivity contribution is 8.00. The highest BCUT2D eigenvalue weighted by Gasteiger charge is 2.09. The van der Waals surface area contributed by atoms with E-state index in [-0.39, 0.29) is 17.5 Å². The van der Waals surface area contributed by atoms with Gasteiger partial charge in [0.2, 0.25) is 5.91 Å². The summed E-state index contributed by atoms with van der Waals surface area (Å²) >= 11 is 1.16. The summed E-state index contributed by atoms with van der Waals surface area (Å²) in [7, 11) is 1.74. The number of halogens is 1. The van der Waals surface area contributed by atoms with Gasteiger partial charge >= 0.3 is 0 Å². The molecule has 0 aliphatic heterocycles. The Hall–Kier alpha value is -2.74. The molecule has 0 radical (unpaired) electrons. The minimum Gasteiger partial charge on any atom is -0.325 e. The fraction of sp³-hybridized carbons (Fsp3) is 0.125. The zero-order chi connectivity index (χ0) is 16.9. The van der Waals surface area contributed by atoms with Crippen LogP contribution in [0.1, 0.15) is 0 Å². The fourth-order valence-electron chi connectivity index (χ4n) is 2.11. The Balaban J connectivity index is 1.65. The second kappa shape index (κ2) is 7.22. The Kier molecular flexibility index (Phi) is 4.85. The molecule has 1 aromatic heterocycles. The highest BCUT2D eigenvalue weighted by atomic mass is 32.2. The van der Waals surface area contributed by atoms with Gasteiger partial charge in [-0.1, -0.05) is 24.3 Å². The van der Waals surface area contributed by atoms with Crippen LogP contribution in [0.25, 0.3) is 11.4 Å². The van der Waals surface area contributed by atoms with E-state index >= 15 is 0 Å². The van der Waals surface area contributed by atoms with Gasteiger partial charge in [-0.2, -0.15) is 0 Å². The maximum absolute atomic E-state index is 13.5. The summed E-state index contributed by atoms with van der Waals surface area (Å²) in [6.45, 7) is 0. The summed E-state index contributed by atoms with van der Waals surface area (Å²) in [5.41, 5.74) is 1.43. The molecule has 0 unspecified atom stereocenters. The van der Waals surface area contributed by atoms with Crippen molar-refractivity contribution in [2.75, 3.05) is 11.1 Å². The molecule has 1 heterocycles. The van der Waals surface area contributed by atoms with Gasteiger partial charge in [0.25, 0.3) is 0 Å². The number of carbonyl (C=O) groups excluding carboxylic acids is 1. The first-order valence-electron chi connectivity index (χ1n) is 7.13. The smallest absolute Gasteiger partial charge is 0.234 e. The van der Waals surface area contributed by atoms with Gasteiger partial charge in [0.15, 0.2) is 5.82 Å². The van der Waals surface area contributed by atoms with E-state index < -0.39 is 0 Å². The number of nitrogens with zero attached hydrogens (tertiary/aromatic N) is 4. The molecule has 8 heteroatoms. The van der Waals surface area contributed by atoms with Crippen LogP contribution < -0.4 is 5.32 Å². The third kappa shape index (κ3) is 3.77. The number of amides is 1. The number of aryl methyl sites for hydroxylation is 1. The van der Waals surface area contributed by atoms with Crippen LogP contribution in [0, 0.1) is 5.82 Å². The second-order valence-corrected chi connectivity index (χ2v) is 5.99. The first-order valence-corrected chi connectivity index (χ1v) is 8.12. The highest BCUT2D eigenvalue weighted by Crippen LogP contribution is 2.22. The van der Waals surface area contributed by atoms with Crippen LogP contribution in [0.4, 0.5) is 10.1 Å². The minimum absolute atomic E-state index is 0.122. The maximum Gasteiger partial charge on any atom is 0.234 e. The number of anilines is 1. The van der Waals surface area contributed by atoms with Crippen molar-refractivity contribution < 1.29 is 9.18 Å². The molecule has 1 N–H and O–H groups in total. The molecule has 3 rings (SSSR count). The van der Waals surface area contributed by atoms with Crippen LogP contribution in [-0.4, -0.2) is 31.9 Å². The van der Waals surface area contributed by atoms with Crippen molar-refractivity contribution in [1.82, 2.24) is 20.2 Å². The Morgan fingerprint density at radius 3 is 2.83 bits per heavy atom. The number of aromatic nitrogens is 4. The topological polar surface area (TPSA) is 72.7 Å². The van der Waals surface area contributed by atoms with Gasteiger partial charge < -0.3 is 5.32 Å². The Bertz CT molecular complexity index is 867. The number of rotatable bonds is 5. The van der Waals surface area contributed by atoms with Gasteiger partial charge in [0.05, 0.1) is 5.75 Å². The molecule has 0 saturated carbocycles. The summed E-state index contributed by atoms with van der Waals surface area (Å²) in [6, 6.07) is 13.6. The minimum atomic E-state index is -0.327. The molecule has 1 amide bonds. The number of carbonyl (C=O) groups is 1. The molecule has 0 fully saturated rings. The Morgan fingerprint density at radius 1 is 1.25 bits per heavy atom. The van der Waals surface area contributed by atoms with Gasteiger partial charge in [0, 0.05) is 23.2 Å². The van der Waals surface area contributed by atoms with E-state index in [9.17, 15) is 9.18 Å². The summed E-state index contributed by atoms with van der Waals surface area (Å²) in [5, 5.41) is 14.1. The second-order valence-electron chi connectivity index (χ2n) is 4.97. The predicted molar refractivity (Wildman–Crippen MR) is 90.0 cm³/mol. The molecule has 0 saturated heterocycles. The summed E-state index contributed by atoms with van der Waals surface area (Å²) in [5.74, 6) is 0.187. The van der Waals surface area contributed by atoms with Crippen molar-refractivity contribution in [3.8, 4) is 11.4 Å². The average Bonchev–Trinajstić information content (AvgIpc) is 3.00. The van der Waals surface area contributed by atoms with Crippen molar-refractivity contribution in [2.24, 2.45) is 7.05 Å². The van der Waals surface area contributed by atoms with Gasteiger partial charge in [-0.3, -0.25) is 4.79 Å². The van der Waals surface area contributed by atoms with Crippen LogP contribution >= 0.6 is 11.8 Å². The van der Waals surface area contributed by atoms with Crippen LogP contribution in [0.3, 0.4) is 0 Å². The fourth-order valence-corrected chi connectivity index (χ4v) is 2.85. The molecular formula is C16H14FN5OS. The molecule has 0 aliphatic rings. The monoisotopic (exact) mass is 343 g/mol. The average molecular weight is 343 g/mol. The standard InChI is InChI=1S/C16H14FN5OS/c1-22-16(19-20-21-22)11-5-4-6-12(9-11)18-15(23)10-24-14-8-3-2-7-13(14)17/h2-9H,10H2,1H3,(H,18,23). The third-order valence-corrected chi connectivity index (χ3v) is 4.27. The van der Waals surface area contributed by atoms with Gasteiger partial charge in [-0.05, 0) is 34.7 Å². The van der Waals surface area contributed by atoms with Crippen LogP contribution in [-0.2, 0) is 11.8 Å². The Labute approximate surface area is 142 Å². The maximum atomic E-state index is 13.5.